The van der Waals surface area contributed by atoms with Gasteiger partial charge in [0.1, 0.15) is 11.6 Å². The zero-order valence-corrected chi connectivity index (χ0v) is 15.3. The van der Waals surface area contributed by atoms with Gasteiger partial charge >= 0.3 is 0 Å². The second kappa shape index (κ2) is 7.24. The van der Waals surface area contributed by atoms with Gasteiger partial charge in [-0.2, -0.15) is 4.98 Å². The summed E-state index contributed by atoms with van der Waals surface area (Å²) in [5.74, 6) is 1.46. The lowest BCUT2D eigenvalue weighted by Gasteiger charge is -2.30. The number of rotatable bonds is 4. The minimum absolute atomic E-state index is 0.259. The molecule has 8 heteroatoms. The predicted molar refractivity (Wildman–Crippen MR) is 104 cm³/mol. The van der Waals surface area contributed by atoms with Crippen LogP contribution in [0.4, 0.5) is 23.1 Å². The maximum Gasteiger partial charge on any atom is 0.229 e. The van der Waals surface area contributed by atoms with Crippen molar-refractivity contribution in [1.29, 1.82) is 0 Å². The fraction of sp³-hybridized carbons (Fsp3) is 0.158. The fourth-order valence-corrected chi connectivity index (χ4v) is 3.59. The highest BCUT2D eigenvalue weighted by atomic mass is 32.2. The molecule has 2 heterocycles. The van der Waals surface area contributed by atoms with Crippen molar-refractivity contribution < 1.29 is 13.5 Å². The Balaban J connectivity index is 1.61. The molecule has 3 aromatic rings. The number of hydrogen-bond donors (Lipinski definition) is 3. The molecule has 138 valence electrons. The van der Waals surface area contributed by atoms with Crippen LogP contribution in [0.15, 0.2) is 59.6 Å². The third-order valence-corrected chi connectivity index (χ3v) is 5.20. The minimum atomic E-state index is -2.59. The van der Waals surface area contributed by atoms with Gasteiger partial charge in [0.05, 0.1) is 4.90 Å². The Hall–Kier alpha value is -3.13. The second-order valence-corrected chi connectivity index (χ2v) is 7.23. The van der Waals surface area contributed by atoms with Crippen molar-refractivity contribution in [2.24, 2.45) is 0 Å². The van der Waals surface area contributed by atoms with E-state index in [9.17, 15) is 13.5 Å². The number of hydrogen-bond acceptors (Lipinski definition) is 7. The van der Waals surface area contributed by atoms with E-state index in [0.29, 0.717) is 17.4 Å². The number of phenols is 1. The van der Waals surface area contributed by atoms with E-state index in [2.05, 4.69) is 20.2 Å². The van der Waals surface area contributed by atoms with E-state index < -0.39 is 10.7 Å². The molecule has 0 amide bonds. The molecule has 0 saturated heterocycles. The maximum absolute atomic E-state index is 11.0. The highest BCUT2D eigenvalue weighted by Crippen LogP contribution is 2.37. The molecule has 7 nitrogen and oxygen atoms in total. The molecule has 2 aromatic carbocycles. The van der Waals surface area contributed by atoms with E-state index in [-0.39, 0.29) is 4.90 Å². The number of nitrogens with one attached hydrogen (secondary N) is 1. The van der Waals surface area contributed by atoms with Crippen LogP contribution in [-0.4, -0.2) is 30.0 Å². The van der Waals surface area contributed by atoms with Gasteiger partial charge < -0.3 is 15.3 Å². The van der Waals surface area contributed by atoms with Gasteiger partial charge in [0.25, 0.3) is 0 Å². The van der Waals surface area contributed by atoms with Crippen LogP contribution in [0.2, 0.25) is 0 Å². The molecule has 0 fully saturated rings. The number of nitrogens with zero attached hydrogens (tertiary/aromatic N) is 3. The number of anilines is 4. The van der Waals surface area contributed by atoms with Gasteiger partial charge in [0.2, 0.25) is 5.95 Å². The number of aromatic nitrogens is 2. The van der Waals surface area contributed by atoms with Gasteiger partial charge in [0, 0.05) is 29.7 Å². The molecule has 0 bridgehead atoms. The van der Waals surface area contributed by atoms with Gasteiger partial charge in [-0.3, -0.25) is 0 Å². The fourth-order valence-electron chi connectivity index (χ4n) is 3.20. The zero-order valence-electron chi connectivity index (χ0n) is 14.4. The van der Waals surface area contributed by atoms with E-state index in [1.54, 1.807) is 24.4 Å². The highest BCUT2D eigenvalue weighted by molar-refractivity contribution is 7.72. The molecule has 2 N–H and O–H groups in total. The maximum atomic E-state index is 11.0. The molecule has 1 aromatic heterocycles. The zero-order chi connectivity index (χ0) is 18.8. The van der Waals surface area contributed by atoms with E-state index in [0.717, 1.165) is 36.5 Å². The topological polar surface area (TPSA) is 95.4 Å². The Labute approximate surface area is 158 Å². The van der Waals surface area contributed by atoms with Crippen molar-refractivity contribution in [2.75, 3.05) is 16.8 Å². The summed E-state index contributed by atoms with van der Waals surface area (Å²) in [6.07, 6.45) is 3.43. The molecular formula is C19H18N4O3S. The molecule has 1 aliphatic rings. The summed E-state index contributed by atoms with van der Waals surface area (Å²) in [4.78, 5) is 11.1. The van der Waals surface area contributed by atoms with Crippen LogP contribution >= 0.6 is 0 Å². The van der Waals surface area contributed by atoms with Crippen molar-refractivity contribution in [3.8, 4) is 5.75 Å². The summed E-state index contributed by atoms with van der Waals surface area (Å²) in [7, 11) is -2.59. The normalized spacial score (nSPS) is 13.4. The average Bonchev–Trinajstić information content (AvgIpc) is 2.68. The van der Waals surface area contributed by atoms with E-state index in [1.807, 2.05) is 18.2 Å². The Morgan fingerprint density at radius 1 is 1.07 bits per heavy atom. The first-order valence-corrected chi connectivity index (χ1v) is 9.72. The predicted octanol–water partition coefficient (Wildman–Crippen LogP) is 2.98. The SMILES string of the molecule is O=[SH](=O)c1ccc(Nc2nccc(N3CCCc4c(O)cccc43)n2)cc1. The molecule has 0 aliphatic carbocycles. The van der Waals surface area contributed by atoms with Crippen molar-refractivity contribution in [3.05, 3.63) is 60.3 Å². The van der Waals surface area contributed by atoms with Crippen LogP contribution in [0.3, 0.4) is 0 Å². The summed E-state index contributed by atoms with van der Waals surface area (Å²) in [5.41, 5.74) is 2.58. The first-order chi connectivity index (χ1) is 13.1. The third-order valence-electron chi connectivity index (χ3n) is 4.48. The van der Waals surface area contributed by atoms with Crippen molar-refractivity contribution in [3.63, 3.8) is 0 Å². The lowest BCUT2D eigenvalue weighted by atomic mass is 10.0. The molecule has 0 atom stereocenters. The van der Waals surface area contributed by atoms with Crippen molar-refractivity contribution in [1.82, 2.24) is 9.97 Å². The number of aromatic hydroxyl groups is 1. The summed E-state index contributed by atoms with van der Waals surface area (Å²) < 4.78 is 22.0. The van der Waals surface area contributed by atoms with Gasteiger partial charge in [-0.15, -0.1) is 0 Å². The average molecular weight is 382 g/mol. The standard InChI is InChI=1S/C19H18N4O3S/c24-17-5-1-4-16-15(17)3-2-12-23(16)18-10-11-20-19(22-18)21-13-6-8-14(9-7-13)27(25)26/h1,4-11,24,27H,2-3,12H2,(H,20,21,22). The van der Waals surface area contributed by atoms with Crippen LogP contribution in [0.5, 0.6) is 5.75 Å². The molecule has 0 radical (unpaired) electrons. The molecule has 0 unspecified atom stereocenters. The van der Waals surface area contributed by atoms with Crippen molar-refractivity contribution >= 4 is 33.8 Å². The Morgan fingerprint density at radius 2 is 1.89 bits per heavy atom. The van der Waals surface area contributed by atoms with Gasteiger partial charge in [-0.05, 0) is 55.3 Å². The van der Waals surface area contributed by atoms with Crippen molar-refractivity contribution in [2.45, 2.75) is 17.7 Å². The first-order valence-electron chi connectivity index (χ1n) is 8.55. The summed E-state index contributed by atoms with van der Waals surface area (Å²) >= 11 is 0. The Bertz CT molecular complexity index is 1040. The Kier molecular flexibility index (Phi) is 4.64. The number of phenolic OH excluding ortho intramolecular Hbond substituents is 1. The summed E-state index contributed by atoms with van der Waals surface area (Å²) in [6, 6.07) is 13.7. The van der Waals surface area contributed by atoms with E-state index in [4.69, 9.17) is 0 Å². The monoisotopic (exact) mass is 382 g/mol. The van der Waals surface area contributed by atoms with Gasteiger partial charge in [-0.1, -0.05) is 6.07 Å². The number of benzene rings is 2. The second-order valence-electron chi connectivity index (χ2n) is 6.20. The summed E-state index contributed by atoms with van der Waals surface area (Å²) in [6.45, 7) is 0.804. The smallest absolute Gasteiger partial charge is 0.229 e. The molecular weight excluding hydrogens is 364 g/mol. The summed E-state index contributed by atoms with van der Waals surface area (Å²) in [5, 5.41) is 13.2. The van der Waals surface area contributed by atoms with Gasteiger partial charge in [-0.25, -0.2) is 13.4 Å². The Morgan fingerprint density at radius 3 is 2.67 bits per heavy atom. The largest absolute Gasteiger partial charge is 0.508 e. The minimum Gasteiger partial charge on any atom is -0.508 e. The van der Waals surface area contributed by atoms with Crippen LogP contribution < -0.4 is 10.2 Å². The molecule has 27 heavy (non-hydrogen) atoms. The molecule has 4 rings (SSSR count). The lowest BCUT2D eigenvalue weighted by Crippen LogP contribution is -2.25. The number of fused-ring (bicyclic) bond motifs is 1. The first kappa shape index (κ1) is 17.3. The van der Waals surface area contributed by atoms with Crippen LogP contribution in [-0.2, 0) is 17.1 Å². The van der Waals surface area contributed by atoms with Crippen LogP contribution in [0.25, 0.3) is 0 Å². The van der Waals surface area contributed by atoms with Crippen LogP contribution in [0, 0.1) is 0 Å². The van der Waals surface area contributed by atoms with E-state index >= 15 is 0 Å². The number of thiol groups is 1. The third kappa shape index (κ3) is 3.56. The quantitative estimate of drug-likeness (QED) is 0.597. The van der Waals surface area contributed by atoms with E-state index in [1.165, 1.54) is 12.1 Å². The molecule has 0 saturated carbocycles. The molecule has 0 spiro atoms. The highest BCUT2D eigenvalue weighted by Gasteiger charge is 2.21. The van der Waals surface area contributed by atoms with Gasteiger partial charge in [0.15, 0.2) is 10.7 Å². The van der Waals surface area contributed by atoms with Crippen LogP contribution in [0.1, 0.15) is 12.0 Å². The molecule has 1 aliphatic heterocycles. The lowest BCUT2D eigenvalue weighted by molar-refractivity contribution is 0.465.